The average molecular weight is 828 g/mol. The van der Waals surface area contributed by atoms with E-state index < -0.39 is 28.8 Å². The van der Waals surface area contributed by atoms with E-state index in [-0.39, 0.29) is 62.9 Å². The molecule has 2 aliphatic carbocycles. The number of rotatable bonds is 22. The minimum Gasteiger partial charge on any atom is -0.459 e. The van der Waals surface area contributed by atoms with Crippen molar-refractivity contribution >= 4 is 17.5 Å². The van der Waals surface area contributed by atoms with Crippen LogP contribution in [0.25, 0.3) is 0 Å². The van der Waals surface area contributed by atoms with Crippen molar-refractivity contribution in [2.75, 3.05) is 46.7 Å². The van der Waals surface area contributed by atoms with Crippen LogP contribution in [0.5, 0.6) is 17.2 Å². The summed E-state index contributed by atoms with van der Waals surface area (Å²) < 4.78 is 31.9. The van der Waals surface area contributed by atoms with Crippen LogP contribution in [0.1, 0.15) is 68.9 Å². The molecule has 6 rings (SSSR count). The molecule has 6 atom stereocenters. The molecule has 0 aromatic heterocycles. The molecule has 2 N–H and O–H groups in total. The number of benzene rings is 3. The van der Waals surface area contributed by atoms with Crippen molar-refractivity contribution in [2.24, 2.45) is 22.9 Å². The highest BCUT2D eigenvalue weighted by atomic mass is 16.7. The Hall–Kier alpha value is -5.28. The zero-order valence-corrected chi connectivity index (χ0v) is 34.5. The number of nitro groups is 1. The Morgan fingerprint density at radius 1 is 1.02 bits per heavy atom. The van der Waals surface area contributed by atoms with Crippen molar-refractivity contribution in [3.8, 4) is 17.2 Å². The highest BCUT2D eigenvalue weighted by Crippen LogP contribution is 2.62. The van der Waals surface area contributed by atoms with Gasteiger partial charge in [0.25, 0.3) is 5.69 Å². The summed E-state index contributed by atoms with van der Waals surface area (Å²) in [4.78, 5) is 32.4. The standard InChI is InChI=1S/C46H57N3O11/c1-4-24-57-46-42(48(3)45(52)56-26-25-55-31-32-14-7-6-8-15-32)30-40(47-58-5-2)38-27-33(16-9-11-22-50)37(19-10-12-23-51)43(44(38)46)39-29-36(20-21-41(39)60-46)59-35-18-13-17-34(28-35)49(53)54/h4,6-8,13-15,17-18,20-21,27-29,33,37,42-44,50-51H,1,5,9-12,16,19,22-26,30-31H2,2-3H3. The molecule has 3 aromatic carbocycles. The predicted octanol–water partition coefficient (Wildman–Crippen LogP) is 8.33. The molecule has 14 heteroatoms. The lowest BCUT2D eigenvalue weighted by atomic mass is 9.55. The SMILES string of the molecule is C=CCOC12Oc3ccc(Oc4cccc([N+](=O)[O-])c4)cc3C3C(CCCCO)C(CCCCO)C=C(C(=NOCC)CC1N(C)C(=O)OCCOCc1ccccc1)C32. The van der Waals surface area contributed by atoms with Crippen LogP contribution in [0.4, 0.5) is 10.5 Å². The van der Waals surface area contributed by atoms with Crippen LogP contribution < -0.4 is 9.47 Å². The van der Waals surface area contributed by atoms with Gasteiger partial charge in [-0.15, -0.1) is 6.58 Å². The van der Waals surface area contributed by atoms with Gasteiger partial charge in [0, 0.05) is 44.2 Å². The molecule has 0 saturated heterocycles. The normalized spacial score (nSPS) is 23.4. The van der Waals surface area contributed by atoms with Crippen LogP contribution in [0.2, 0.25) is 0 Å². The Labute approximate surface area is 351 Å². The van der Waals surface area contributed by atoms with E-state index in [0.29, 0.717) is 49.0 Å². The van der Waals surface area contributed by atoms with Crippen LogP contribution in [0.3, 0.4) is 0 Å². The van der Waals surface area contributed by atoms with E-state index in [1.807, 2.05) is 49.4 Å². The molecule has 6 unspecified atom stereocenters. The van der Waals surface area contributed by atoms with Crippen molar-refractivity contribution in [2.45, 2.75) is 76.2 Å². The number of nitro benzene ring substituents is 1. The summed E-state index contributed by atoms with van der Waals surface area (Å²) in [7, 11) is 1.67. The van der Waals surface area contributed by atoms with Crippen molar-refractivity contribution < 1.29 is 48.5 Å². The Bertz CT molecular complexity index is 1970. The first kappa shape index (κ1) is 44.3. The van der Waals surface area contributed by atoms with Crippen molar-refractivity contribution in [3.05, 3.63) is 118 Å². The number of oxime groups is 1. The van der Waals surface area contributed by atoms with E-state index in [0.717, 1.165) is 42.4 Å². The fourth-order valence-corrected chi connectivity index (χ4v) is 8.91. The maximum absolute atomic E-state index is 14.0. The molecule has 1 amide bonds. The number of unbranched alkanes of at least 4 members (excludes halogenated alkanes) is 2. The Morgan fingerprint density at radius 2 is 1.78 bits per heavy atom. The Kier molecular flexibility index (Phi) is 15.7. The second-order valence-electron chi connectivity index (χ2n) is 15.3. The zero-order valence-electron chi connectivity index (χ0n) is 34.5. The van der Waals surface area contributed by atoms with Gasteiger partial charge >= 0.3 is 6.09 Å². The van der Waals surface area contributed by atoms with Crippen molar-refractivity contribution in [1.82, 2.24) is 4.90 Å². The summed E-state index contributed by atoms with van der Waals surface area (Å²) in [5.74, 6) is -0.899. The minimum atomic E-state index is -1.45. The van der Waals surface area contributed by atoms with E-state index in [2.05, 4.69) is 17.8 Å². The van der Waals surface area contributed by atoms with E-state index in [4.69, 9.17) is 28.5 Å². The number of amides is 1. The van der Waals surface area contributed by atoms with Gasteiger partial charge in [0.2, 0.25) is 5.79 Å². The smallest absolute Gasteiger partial charge is 0.410 e. The van der Waals surface area contributed by atoms with Crippen LogP contribution in [0, 0.1) is 27.9 Å². The summed E-state index contributed by atoms with van der Waals surface area (Å²) in [6.07, 6.45) is 7.93. The number of allylic oxidation sites excluding steroid dienone is 1. The monoisotopic (exact) mass is 827 g/mol. The van der Waals surface area contributed by atoms with Crippen molar-refractivity contribution in [3.63, 3.8) is 0 Å². The molecular weight excluding hydrogens is 771 g/mol. The van der Waals surface area contributed by atoms with Gasteiger partial charge < -0.3 is 43.6 Å². The number of carbonyl (C=O) groups is 1. The number of hydrogen-bond donors (Lipinski definition) is 2. The lowest BCUT2D eigenvalue weighted by Gasteiger charge is -2.59. The molecule has 3 aromatic rings. The van der Waals surface area contributed by atoms with Gasteiger partial charge in [-0.2, -0.15) is 0 Å². The molecule has 1 heterocycles. The van der Waals surface area contributed by atoms with Gasteiger partial charge in [-0.25, -0.2) is 4.79 Å². The largest absolute Gasteiger partial charge is 0.459 e. The topological polar surface area (TPSA) is 172 Å². The summed E-state index contributed by atoms with van der Waals surface area (Å²) in [6, 6.07) is 20.6. The molecule has 60 heavy (non-hydrogen) atoms. The number of aliphatic hydroxyl groups is 2. The van der Waals surface area contributed by atoms with E-state index in [1.54, 1.807) is 31.3 Å². The first-order valence-electron chi connectivity index (χ1n) is 20.9. The van der Waals surface area contributed by atoms with E-state index in [1.165, 1.54) is 17.0 Å². The van der Waals surface area contributed by atoms with Crippen molar-refractivity contribution in [1.29, 1.82) is 0 Å². The number of hydrogen-bond acceptors (Lipinski definition) is 12. The van der Waals surface area contributed by atoms with Gasteiger partial charge in [-0.05, 0) is 79.8 Å². The summed E-state index contributed by atoms with van der Waals surface area (Å²) in [5.41, 5.74) is 3.33. The first-order chi connectivity index (χ1) is 29.2. The van der Waals surface area contributed by atoms with Crippen LogP contribution >= 0.6 is 0 Å². The molecule has 1 saturated carbocycles. The number of carbonyl (C=O) groups excluding carboxylic acids is 1. The fourth-order valence-electron chi connectivity index (χ4n) is 8.91. The Balaban J connectivity index is 1.44. The molecule has 0 radical (unpaired) electrons. The molecule has 322 valence electrons. The molecule has 1 fully saturated rings. The number of non-ortho nitro benzene ring substituents is 1. The van der Waals surface area contributed by atoms with Crippen LogP contribution in [-0.2, 0) is 25.7 Å². The maximum atomic E-state index is 14.0. The quantitative estimate of drug-likeness (QED) is 0.0432. The second kappa shape index (κ2) is 21.3. The molecule has 14 nitrogen and oxygen atoms in total. The summed E-state index contributed by atoms with van der Waals surface area (Å²) in [5, 5.41) is 35.9. The van der Waals surface area contributed by atoms with Gasteiger partial charge in [-0.1, -0.05) is 66.5 Å². The highest BCUT2D eigenvalue weighted by Gasteiger charge is 2.65. The zero-order chi connectivity index (χ0) is 42.5. The average Bonchev–Trinajstić information content (AvgIpc) is 3.26. The van der Waals surface area contributed by atoms with Gasteiger partial charge in [-0.3, -0.25) is 10.1 Å². The molecule has 1 aliphatic heterocycles. The molecule has 0 bridgehead atoms. The number of aliphatic hydroxyl groups excluding tert-OH is 2. The fraction of sp³-hybridized carbons (Fsp3) is 0.478. The van der Waals surface area contributed by atoms with E-state index >= 15 is 0 Å². The summed E-state index contributed by atoms with van der Waals surface area (Å²) in [6.45, 7) is 7.01. The first-order valence-corrected chi connectivity index (χ1v) is 20.9. The van der Waals surface area contributed by atoms with Crippen LogP contribution in [-0.4, -0.2) is 90.4 Å². The minimum absolute atomic E-state index is 0.00229. The number of nitrogens with zero attached hydrogens (tertiary/aromatic N) is 3. The third-order valence-corrected chi connectivity index (χ3v) is 11.5. The molecule has 0 spiro atoms. The highest BCUT2D eigenvalue weighted by molar-refractivity contribution is 6.02. The number of likely N-dealkylation sites (N-methyl/N-ethyl adjacent to an activating group) is 1. The Morgan fingerprint density at radius 3 is 2.52 bits per heavy atom. The van der Waals surface area contributed by atoms with Crippen LogP contribution in [0.15, 0.2) is 102 Å². The molecule has 3 aliphatic rings. The molecular formula is C46H57N3O11. The third-order valence-electron chi connectivity index (χ3n) is 11.5. The lowest BCUT2D eigenvalue weighted by Crippen LogP contribution is -2.69. The number of fused-ring (bicyclic) bond motifs is 2. The maximum Gasteiger partial charge on any atom is 0.410 e. The third kappa shape index (κ3) is 10.2. The summed E-state index contributed by atoms with van der Waals surface area (Å²) >= 11 is 0. The van der Waals surface area contributed by atoms with Gasteiger partial charge in [0.1, 0.15) is 36.5 Å². The second-order valence-corrected chi connectivity index (χ2v) is 15.3. The van der Waals surface area contributed by atoms with Gasteiger partial charge in [0.15, 0.2) is 0 Å². The van der Waals surface area contributed by atoms with Gasteiger partial charge in [0.05, 0.1) is 42.4 Å². The number of ether oxygens (including phenoxy) is 5. The van der Waals surface area contributed by atoms with E-state index in [9.17, 15) is 25.1 Å². The lowest BCUT2D eigenvalue weighted by molar-refractivity contribution is -0.384. The predicted molar refractivity (Wildman–Crippen MR) is 225 cm³/mol.